The van der Waals surface area contributed by atoms with Gasteiger partial charge < -0.3 is 10.0 Å². The van der Waals surface area contributed by atoms with Crippen LogP contribution in [-0.4, -0.2) is 17.2 Å². The number of hydrogen-bond donors (Lipinski definition) is 2. The van der Waals surface area contributed by atoms with Gasteiger partial charge >= 0.3 is 7.12 Å². The van der Waals surface area contributed by atoms with Crippen LogP contribution in [0.3, 0.4) is 0 Å². The van der Waals surface area contributed by atoms with Gasteiger partial charge in [0.15, 0.2) is 0 Å². The number of hydrogen-bond acceptors (Lipinski definition) is 2. The van der Waals surface area contributed by atoms with Crippen molar-refractivity contribution < 1.29 is 10.0 Å². The van der Waals surface area contributed by atoms with Crippen LogP contribution in [0.2, 0.25) is 6.82 Å². The van der Waals surface area contributed by atoms with Gasteiger partial charge in [-0.15, -0.1) is 0 Å². The Balaban J connectivity index is 0. The maximum absolute atomic E-state index is 7.61. The molecule has 0 spiro atoms. The third kappa shape index (κ3) is 156000. The van der Waals surface area contributed by atoms with Crippen LogP contribution in [0.25, 0.3) is 0 Å². The second-order valence-electron chi connectivity index (χ2n) is 0.632. The van der Waals surface area contributed by atoms with E-state index in [2.05, 4.69) is 0 Å². The summed E-state index contributed by atoms with van der Waals surface area (Å²) in [6.07, 6.45) is 0. The van der Waals surface area contributed by atoms with Gasteiger partial charge in [0.25, 0.3) is 0 Å². The molecule has 6 heavy (non-hydrogen) atoms. The van der Waals surface area contributed by atoms with Crippen molar-refractivity contribution in [1.29, 1.82) is 0 Å². The SMILES string of the molecule is CB(O)O.CC. The van der Waals surface area contributed by atoms with Gasteiger partial charge in [-0.1, -0.05) is 13.8 Å². The van der Waals surface area contributed by atoms with E-state index in [-0.39, 0.29) is 0 Å². The third-order valence-corrected chi connectivity index (χ3v) is 0. The van der Waals surface area contributed by atoms with Gasteiger partial charge in [0, 0.05) is 0 Å². The lowest BCUT2D eigenvalue weighted by atomic mass is 9.99. The summed E-state index contributed by atoms with van der Waals surface area (Å²) in [6.45, 7) is 5.28. The van der Waals surface area contributed by atoms with Crippen LogP contribution in [0.4, 0.5) is 0 Å². The Kier molecular flexibility index (Phi) is 13.9. The molecule has 0 amide bonds. The summed E-state index contributed by atoms with van der Waals surface area (Å²) in [6, 6.07) is 0. The maximum Gasteiger partial charge on any atom is 0.448 e. The van der Waals surface area contributed by atoms with Crippen molar-refractivity contribution in [1.82, 2.24) is 0 Å². The normalized spacial score (nSPS) is 5.50. The fraction of sp³-hybridized carbons (Fsp3) is 1.00. The average Bonchev–Trinajstić information content (AvgIpc) is 1.41. The summed E-state index contributed by atoms with van der Waals surface area (Å²) < 4.78 is 0. The molecule has 0 bridgehead atoms. The minimum atomic E-state index is -1.17. The molecule has 0 saturated carbocycles. The Labute approximate surface area is 39.0 Å². The minimum Gasteiger partial charge on any atom is -0.427 e. The Hall–Kier alpha value is -0.0151. The summed E-state index contributed by atoms with van der Waals surface area (Å²) in [7, 11) is -1.17. The Morgan fingerprint density at radius 3 is 1.17 bits per heavy atom. The van der Waals surface area contributed by atoms with E-state index in [0.29, 0.717) is 0 Å². The molecular formula is C3H11BO2. The van der Waals surface area contributed by atoms with Crippen LogP contribution in [-0.2, 0) is 0 Å². The summed E-state index contributed by atoms with van der Waals surface area (Å²) in [5.74, 6) is 0. The highest BCUT2D eigenvalue weighted by Gasteiger charge is 1.86. The van der Waals surface area contributed by atoms with Gasteiger partial charge in [-0.2, -0.15) is 0 Å². The Morgan fingerprint density at radius 2 is 1.17 bits per heavy atom. The first-order valence-electron chi connectivity index (χ1n) is 2.09. The lowest BCUT2D eigenvalue weighted by molar-refractivity contribution is 0.417. The van der Waals surface area contributed by atoms with Gasteiger partial charge in [-0.05, 0) is 6.82 Å². The Morgan fingerprint density at radius 1 is 1.17 bits per heavy atom. The summed E-state index contributed by atoms with van der Waals surface area (Å²) in [4.78, 5) is 0. The quantitative estimate of drug-likeness (QED) is 0.414. The van der Waals surface area contributed by atoms with Crippen molar-refractivity contribution >= 4 is 7.12 Å². The molecule has 2 N–H and O–H groups in total. The smallest absolute Gasteiger partial charge is 0.427 e. The molecule has 2 nitrogen and oxygen atoms in total. The molecule has 0 saturated heterocycles. The third-order valence-electron chi connectivity index (χ3n) is 0. The zero-order chi connectivity index (χ0) is 5.58. The van der Waals surface area contributed by atoms with Crippen molar-refractivity contribution in [2.45, 2.75) is 20.7 Å². The predicted octanol–water partition coefficient (Wildman–Crippen LogP) is 0.115. The first kappa shape index (κ1) is 9.37. The van der Waals surface area contributed by atoms with Crippen LogP contribution in [0.15, 0.2) is 0 Å². The summed E-state index contributed by atoms with van der Waals surface area (Å²) >= 11 is 0. The lowest BCUT2D eigenvalue weighted by Crippen LogP contribution is -2.00. The second-order valence-corrected chi connectivity index (χ2v) is 0.632. The second kappa shape index (κ2) is 8.88. The predicted molar refractivity (Wildman–Crippen MR) is 27.4 cm³/mol. The van der Waals surface area contributed by atoms with E-state index in [9.17, 15) is 0 Å². The van der Waals surface area contributed by atoms with Crippen LogP contribution in [0.1, 0.15) is 13.8 Å². The van der Waals surface area contributed by atoms with Gasteiger partial charge in [-0.3, -0.25) is 0 Å². The molecule has 0 aliphatic rings. The molecule has 3 heteroatoms. The van der Waals surface area contributed by atoms with E-state index in [1.807, 2.05) is 13.8 Å². The largest absolute Gasteiger partial charge is 0.448 e. The molecule has 38 valence electrons. The topological polar surface area (TPSA) is 40.5 Å². The van der Waals surface area contributed by atoms with Crippen molar-refractivity contribution in [2.24, 2.45) is 0 Å². The zero-order valence-electron chi connectivity index (χ0n) is 4.47. The molecule has 0 radical (unpaired) electrons. The van der Waals surface area contributed by atoms with Gasteiger partial charge in [0.05, 0.1) is 0 Å². The average molecular weight is 89.9 g/mol. The Bertz CT molecular complexity index is 13.5. The van der Waals surface area contributed by atoms with E-state index in [4.69, 9.17) is 10.0 Å². The molecule has 0 atom stereocenters. The maximum atomic E-state index is 7.61. The van der Waals surface area contributed by atoms with Crippen LogP contribution < -0.4 is 0 Å². The first-order valence-corrected chi connectivity index (χ1v) is 2.09. The number of rotatable bonds is 0. The van der Waals surface area contributed by atoms with Gasteiger partial charge in [0.2, 0.25) is 0 Å². The molecule has 0 aromatic rings. The molecular weight excluding hydrogens is 78.8 g/mol. The van der Waals surface area contributed by atoms with Crippen molar-refractivity contribution in [3.63, 3.8) is 0 Å². The van der Waals surface area contributed by atoms with Crippen molar-refractivity contribution in [3.05, 3.63) is 0 Å². The molecule has 0 heterocycles. The zero-order valence-corrected chi connectivity index (χ0v) is 4.47. The van der Waals surface area contributed by atoms with E-state index < -0.39 is 7.12 Å². The van der Waals surface area contributed by atoms with E-state index in [1.54, 1.807) is 0 Å². The standard InChI is InChI=1S/C2H6.CH5BO2/c1-2;1-2(3)4/h1-2H3;3-4H,1H3. The minimum absolute atomic E-state index is 1.17. The van der Waals surface area contributed by atoms with Crippen molar-refractivity contribution in [3.8, 4) is 0 Å². The van der Waals surface area contributed by atoms with Gasteiger partial charge in [0.1, 0.15) is 0 Å². The molecule has 0 unspecified atom stereocenters. The lowest BCUT2D eigenvalue weighted by Gasteiger charge is -1.71. The molecule has 0 aliphatic heterocycles. The van der Waals surface area contributed by atoms with Crippen LogP contribution in [0, 0.1) is 0 Å². The summed E-state index contributed by atoms with van der Waals surface area (Å²) in [5.41, 5.74) is 0. The molecule has 0 aromatic carbocycles. The molecule has 0 aromatic heterocycles. The van der Waals surface area contributed by atoms with Crippen molar-refractivity contribution in [2.75, 3.05) is 0 Å². The monoisotopic (exact) mass is 90.1 g/mol. The van der Waals surface area contributed by atoms with Gasteiger partial charge in [-0.25, -0.2) is 0 Å². The first-order chi connectivity index (χ1) is 2.73. The fourth-order valence-electron chi connectivity index (χ4n) is 0. The van der Waals surface area contributed by atoms with E-state index in [1.165, 1.54) is 6.82 Å². The molecule has 0 fully saturated rings. The van der Waals surface area contributed by atoms with E-state index in [0.717, 1.165) is 0 Å². The highest BCUT2D eigenvalue weighted by atomic mass is 16.4. The summed E-state index contributed by atoms with van der Waals surface area (Å²) in [5, 5.41) is 15.2. The van der Waals surface area contributed by atoms with Crippen LogP contribution >= 0.6 is 0 Å². The highest BCUT2D eigenvalue weighted by Crippen LogP contribution is 1.51. The molecule has 0 rings (SSSR count). The van der Waals surface area contributed by atoms with E-state index >= 15 is 0 Å². The molecule has 0 aliphatic carbocycles. The highest BCUT2D eigenvalue weighted by molar-refractivity contribution is 6.38. The fourth-order valence-corrected chi connectivity index (χ4v) is 0. The van der Waals surface area contributed by atoms with Crippen LogP contribution in [0.5, 0.6) is 0 Å².